The Morgan fingerprint density at radius 1 is 1.36 bits per heavy atom. The molecule has 2 aromatic rings. The normalized spacial score (nSPS) is 14.8. The van der Waals surface area contributed by atoms with Crippen molar-refractivity contribution in [2.24, 2.45) is 7.05 Å². The van der Waals surface area contributed by atoms with Gasteiger partial charge in [0.25, 0.3) is 5.91 Å². The van der Waals surface area contributed by atoms with Crippen molar-refractivity contribution in [3.63, 3.8) is 0 Å². The molecule has 5 nitrogen and oxygen atoms in total. The number of amides is 1. The maximum absolute atomic E-state index is 12.4. The molecular formula is C17H21N3O2. The zero-order chi connectivity index (χ0) is 15.7. The molecule has 1 saturated heterocycles. The van der Waals surface area contributed by atoms with E-state index in [2.05, 4.69) is 18.1 Å². The van der Waals surface area contributed by atoms with Crippen LogP contribution in [0, 0.1) is 6.92 Å². The molecule has 1 aliphatic heterocycles. The van der Waals surface area contributed by atoms with E-state index in [-0.39, 0.29) is 12.0 Å². The van der Waals surface area contributed by atoms with Crippen molar-refractivity contribution in [1.82, 2.24) is 14.7 Å². The molecule has 0 bridgehead atoms. The number of benzene rings is 1. The molecule has 2 heterocycles. The average molecular weight is 299 g/mol. The highest BCUT2D eigenvalue weighted by molar-refractivity contribution is 5.95. The van der Waals surface area contributed by atoms with Gasteiger partial charge in [-0.3, -0.25) is 9.48 Å². The molecule has 1 aromatic heterocycles. The Bertz CT molecular complexity index is 687. The first-order valence-corrected chi connectivity index (χ1v) is 7.62. The smallest absolute Gasteiger partial charge is 0.257 e. The first-order valence-electron chi connectivity index (χ1n) is 7.62. The van der Waals surface area contributed by atoms with Crippen LogP contribution >= 0.6 is 0 Å². The average Bonchev–Trinajstić information content (AvgIpc) is 2.81. The van der Waals surface area contributed by atoms with E-state index < -0.39 is 0 Å². The van der Waals surface area contributed by atoms with E-state index in [1.807, 2.05) is 37.1 Å². The molecule has 0 atom stereocenters. The summed E-state index contributed by atoms with van der Waals surface area (Å²) in [5.41, 5.74) is 2.65. The number of carbonyl (C=O) groups excluding carboxylic acids is 1. The number of hydrogen-bond acceptors (Lipinski definition) is 3. The monoisotopic (exact) mass is 299 g/mol. The van der Waals surface area contributed by atoms with Crippen LogP contribution < -0.4 is 4.74 Å². The second-order valence-electron chi connectivity index (χ2n) is 5.71. The number of aryl methyl sites for hydroxylation is 3. The maximum Gasteiger partial charge on any atom is 0.257 e. The van der Waals surface area contributed by atoms with E-state index in [0.717, 1.165) is 17.9 Å². The number of para-hydroxylation sites is 1. The summed E-state index contributed by atoms with van der Waals surface area (Å²) in [5, 5.41) is 4.22. The topological polar surface area (TPSA) is 47.4 Å². The lowest BCUT2D eigenvalue weighted by molar-refractivity contribution is 0.0174. The first-order chi connectivity index (χ1) is 10.6. The summed E-state index contributed by atoms with van der Waals surface area (Å²) >= 11 is 0. The fourth-order valence-electron chi connectivity index (χ4n) is 2.75. The Hall–Kier alpha value is -2.30. The van der Waals surface area contributed by atoms with Gasteiger partial charge in [0.1, 0.15) is 11.9 Å². The van der Waals surface area contributed by atoms with Crippen LogP contribution in [0.4, 0.5) is 0 Å². The van der Waals surface area contributed by atoms with Gasteiger partial charge in [0, 0.05) is 13.2 Å². The lowest BCUT2D eigenvalue weighted by Crippen LogP contribution is -2.56. The molecule has 0 aliphatic carbocycles. The Morgan fingerprint density at radius 2 is 2.09 bits per heavy atom. The molecule has 1 fully saturated rings. The van der Waals surface area contributed by atoms with E-state index in [1.54, 1.807) is 10.9 Å². The Kier molecular flexibility index (Phi) is 3.88. The third-order valence-electron chi connectivity index (χ3n) is 4.03. The van der Waals surface area contributed by atoms with Crippen molar-refractivity contribution in [3.8, 4) is 5.75 Å². The molecule has 1 aromatic carbocycles. The predicted molar refractivity (Wildman–Crippen MR) is 84.1 cm³/mol. The molecule has 0 N–H and O–H groups in total. The van der Waals surface area contributed by atoms with Gasteiger partial charge in [-0.05, 0) is 25.0 Å². The predicted octanol–water partition coefficient (Wildman–Crippen LogP) is 2.19. The summed E-state index contributed by atoms with van der Waals surface area (Å²) in [4.78, 5) is 14.2. The summed E-state index contributed by atoms with van der Waals surface area (Å²) in [5.74, 6) is 0.967. The minimum absolute atomic E-state index is 0.0363. The molecule has 22 heavy (non-hydrogen) atoms. The van der Waals surface area contributed by atoms with Gasteiger partial charge in [-0.1, -0.05) is 25.1 Å². The second kappa shape index (κ2) is 5.83. The van der Waals surface area contributed by atoms with Gasteiger partial charge < -0.3 is 9.64 Å². The van der Waals surface area contributed by atoms with Crippen LogP contribution in [-0.4, -0.2) is 39.8 Å². The summed E-state index contributed by atoms with van der Waals surface area (Å²) < 4.78 is 7.68. The van der Waals surface area contributed by atoms with E-state index in [4.69, 9.17) is 4.74 Å². The van der Waals surface area contributed by atoms with Gasteiger partial charge in [-0.15, -0.1) is 0 Å². The Labute approximate surface area is 130 Å². The van der Waals surface area contributed by atoms with Crippen LogP contribution in [0.1, 0.15) is 28.5 Å². The van der Waals surface area contributed by atoms with E-state index in [1.165, 1.54) is 5.56 Å². The Morgan fingerprint density at radius 3 is 2.73 bits per heavy atom. The van der Waals surface area contributed by atoms with Crippen molar-refractivity contribution < 1.29 is 9.53 Å². The molecule has 1 amide bonds. The maximum atomic E-state index is 12.4. The van der Waals surface area contributed by atoms with Crippen LogP contribution in [0.5, 0.6) is 5.75 Å². The van der Waals surface area contributed by atoms with Gasteiger partial charge in [-0.2, -0.15) is 5.10 Å². The fourth-order valence-corrected chi connectivity index (χ4v) is 2.75. The SMILES string of the molecule is CCc1ccccc1OC1CN(C(=O)c2cn(C)nc2C)C1. The quantitative estimate of drug-likeness (QED) is 0.869. The highest BCUT2D eigenvalue weighted by atomic mass is 16.5. The highest BCUT2D eigenvalue weighted by Crippen LogP contribution is 2.24. The third-order valence-corrected chi connectivity index (χ3v) is 4.03. The summed E-state index contributed by atoms with van der Waals surface area (Å²) in [6, 6.07) is 8.08. The van der Waals surface area contributed by atoms with Crippen LogP contribution in [0.25, 0.3) is 0 Å². The first kappa shape index (κ1) is 14.6. The van der Waals surface area contributed by atoms with Gasteiger partial charge >= 0.3 is 0 Å². The van der Waals surface area contributed by atoms with E-state index >= 15 is 0 Å². The lowest BCUT2D eigenvalue weighted by Gasteiger charge is -2.39. The number of ether oxygens (including phenoxy) is 1. The molecule has 3 rings (SSSR count). The molecule has 116 valence electrons. The Balaban J connectivity index is 1.60. The number of rotatable bonds is 4. The largest absolute Gasteiger partial charge is 0.486 e. The number of hydrogen-bond donors (Lipinski definition) is 0. The standard InChI is InChI=1S/C17H21N3O2/c1-4-13-7-5-6-8-16(13)22-14-9-20(10-14)17(21)15-11-19(3)18-12(15)2/h5-8,11,14H,4,9-10H2,1-3H3. The van der Waals surface area contributed by atoms with E-state index in [0.29, 0.717) is 18.7 Å². The van der Waals surface area contributed by atoms with Crippen LogP contribution in [0.2, 0.25) is 0 Å². The second-order valence-corrected chi connectivity index (χ2v) is 5.71. The summed E-state index contributed by atoms with van der Waals surface area (Å²) in [6.07, 6.45) is 2.80. The molecule has 0 radical (unpaired) electrons. The van der Waals surface area contributed by atoms with E-state index in [9.17, 15) is 4.79 Å². The minimum Gasteiger partial charge on any atom is -0.486 e. The molecule has 0 saturated carbocycles. The van der Waals surface area contributed by atoms with Gasteiger partial charge in [-0.25, -0.2) is 0 Å². The van der Waals surface area contributed by atoms with Crippen LogP contribution in [0.3, 0.4) is 0 Å². The fraction of sp³-hybridized carbons (Fsp3) is 0.412. The molecule has 0 unspecified atom stereocenters. The number of nitrogens with zero attached hydrogens (tertiary/aromatic N) is 3. The van der Waals surface area contributed by atoms with Crippen molar-refractivity contribution in [3.05, 3.63) is 47.3 Å². The van der Waals surface area contributed by atoms with Gasteiger partial charge in [0.15, 0.2) is 0 Å². The van der Waals surface area contributed by atoms with Gasteiger partial charge in [0.05, 0.1) is 24.3 Å². The van der Waals surface area contributed by atoms with Crippen LogP contribution in [-0.2, 0) is 13.5 Å². The molecular weight excluding hydrogens is 278 g/mol. The summed E-state index contributed by atoms with van der Waals surface area (Å²) in [7, 11) is 1.83. The number of aromatic nitrogens is 2. The zero-order valence-corrected chi connectivity index (χ0v) is 13.2. The highest BCUT2D eigenvalue weighted by Gasteiger charge is 2.34. The minimum atomic E-state index is 0.0363. The number of likely N-dealkylation sites (tertiary alicyclic amines) is 1. The molecule has 0 spiro atoms. The van der Waals surface area contributed by atoms with Crippen LogP contribution in [0.15, 0.2) is 30.5 Å². The molecule has 5 heteroatoms. The van der Waals surface area contributed by atoms with Crippen molar-refractivity contribution >= 4 is 5.91 Å². The van der Waals surface area contributed by atoms with Gasteiger partial charge in [0.2, 0.25) is 0 Å². The summed E-state index contributed by atoms with van der Waals surface area (Å²) in [6.45, 7) is 5.24. The third kappa shape index (κ3) is 2.71. The van der Waals surface area contributed by atoms with Crippen molar-refractivity contribution in [1.29, 1.82) is 0 Å². The van der Waals surface area contributed by atoms with Crippen molar-refractivity contribution in [2.75, 3.05) is 13.1 Å². The number of carbonyl (C=O) groups is 1. The zero-order valence-electron chi connectivity index (χ0n) is 13.2. The lowest BCUT2D eigenvalue weighted by atomic mass is 10.1. The van der Waals surface area contributed by atoms with Crippen molar-refractivity contribution in [2.45, 2.75) is 26.4 Å². The molecule has 1 aliphatic rings.